The number of methoxy groups -OCH3 is 1. The van der Waals surface area contributed by atoms with E-state index >= 15 is 0 Å². The molecule has 5 nitrogen and oxygen atoms in total. The van der Waals surface area contributed by atoms with Gasteiger partial charge < -0.3 is 9.84 Å². The fourth-order valence-electron chi connectivity index (χ4n) is 1.25. The third-order valence-electron chi connectivity index (χ3n) is 2.00. The molecule has 0 aliphatic carbocycles. The summed E-state index contributed by atoms with van der Waals surface area (Å²) >= 11 is 0. The van der Waals surface area contributed by atoms with Gasteiger partial charge in [0.15, 0.2) is 0 Å². The number of esters is 1. The first-order valence-electron chi connectivity index (χ1n) is 4.56. The van der Waals surface area contributed by atoms with Gasteiger partial charge in [0.1, 0.15) is 29.0 Å². The topological polar surface area (TPSA) is 94.1 Å². The lowest BCUT2D eigenvalue weighted by atomic mass is 10.0. The molecule has 0 aliphatic heterocycles. The molecule has 0 saturated heterocycles. The number of hydrogen-bond donors (Lipinski definition) is 1. The van der Waals surface area contributed by atoms with Crippen molar-refractivity contribution in [2.24, 2.45) is 0 Å². The molecule has 0 unspecified atom stereocenters. The Kier molecular flexibility index (Phi) is 3.86. The highest BCUT2D eigenvalue weighted by atomic mass is 16.5. The van der Waals surface area contributed by atoms with Gasteiger partial charge in [-0.2, -0.15) is 10.5 Å². The lowest BCUT2D eigenvalue weighted by molar-refractivity contribution is 0.0597. The molecule has 1 N–H and O–H groups in total. The van der Waals surface area contributed by atoms with Crippen LogP contribution in [0.2, 0.25) is 0 Å². The summed E-state index contributed by atoms with van der Waals surface area (Å²) in [6, 6.07) is 7.66. The minimum atomic E-state index is -0.732. The van der Waals surface area contributed by atoms with Gasteiger partial charge in [0.2, 0.25) is 0 Å². The normalized spacial score (nSPS) is 8.65. The summed E-state index contributed by atoms with van der Waals surface area (Å²) in [5.74, 6) is -0.995. The molecule has 1 aromatic carbocycles. The number of ether oxygens (including phenoxy) is 1. The van der Waals surface area contributed by atoms with E-state index < -0.39 is 5.97 Å². The molecule has 0 saturated carbocycles. The molecule has 0 fully saturated rings. The number of nitrogens with zero attached hydrogens (tertiary/aromatic N) is 2. The molecular formula is C12H8N2O3. The maximum Gasteiger partial charge on any atom is 0.342 e. The Morgan fingerprint density at radius 1 is 1.41 bits per heavy atom. The smallest absolute Gasteiger partial charge is 0.342 e. The number of aromatic hydroxyl groups is 1. The standard InChI is InChI=1S/C12H8N2O3/c1-17-12(16)11-9(3-2-4-10(11)15)5-8(6-13)7-14/h2-5,15H,1H3. The number of phenolic OH excluding ortho intramolecular Hbond substituents is 1. The minimum Gasteiger partial charge on any atom is -0.507 e. The van der Waals surface area contributed by atoms with Crippen LogP contribution in [0.15, 0.2) is 23.8 Å². The Bertz CT molecular complexity index is 546. The molecule has 1 aromatic rings. The number of benzene rings is 1. The van der Waals surface area contributed by atoms with E-state index in [-0.39, 0.29) is 22.4 Å². The van der Waals surface area contributed by atoms with E-state index in [0.717, 1.165) is 0 Å². The molecule has 0 amide bonds. The van der Waals surface area contributed by atoms with E-state index in [0.29, 0.717) is 0 Å². The summed E-state index contributed by atoms with van der Waals surface area (Å²) in [7, 11) is 1.18. The van der Waals surface area contributed by atoms with Gasteiger partial charge in [0.25, 0.3) is 0 Å². The van der Waals surface area contributed by atoms with Crippen LogP contribution in [0.25, 0.3) is 6.08 Å². The third kappa shape index (κ3) is 2.61. The third-order valence-corrected chi connectivity index (χ3v) is 2.00. The zero-order valence-corrected chi connectivity index (χ0v) is 8.97. The van der Waals surface area contributed by atoms with Crippen LogP contribution < -0.4 is 0 Å². The average molecular weight is 228 g/mol. The molecule has 0 bridgehead atoms. The van der Waals surface area contributed by atoms with Crippen molar-refractivity contribution < 1.29 is 14.6 Å². The van der Waals surface area contributed by atoms with Gasteiger partial charge in [-0.15, -0.1) is 0 Å². The van der Waals surface area contributed by atoms with Gasteiger partial charge in [0.05, 0.1) is 7.11 Å². The van der Waals surface area contributed by atoms with Crippen molar-refractivity contribution in [1.82, 2.24) is 0 Å². The summed E-state index contributed by atoms with van der Waals surface area (Å²) in [4.78, 5) is 11.4. The van der Waals surface area contributed by atoms with Crippen LogP contribution in [0.5, 0.6) is 5.75 Å². The first-order chi connectivity index (χ1) is 8.13. The van der Waals surface area contributed by atoms with Crippen LogP contribution in [0.4, 0.5) is 0 Å². The van der Waals surface area contributed by atoms with E-state index in [4.69, 9.17) is 10.5 Å². The van der Waals surface area contributed by atoms with Crippen molar-refractivity contribution in [2.75, 3.05) is 7.11 Å². The van der Waals surface area contributed by atoms with E-state index in [1.54, 1.807) is 12.1 Å². The van der Waals surface area contributed by atoms with Gasteiger partial charge in [0, 0.05) is 0 Å². The zero-order valence-electron chi connectivity index (χ0n) is 8.97. The van der Waals surface area contributed by atoms with Gasteiger partial charge in [-0.05, 0) is 17.7 Å². The van der Waals surface area contributed by atoms with Crippen LogP contribution in [0.3, 0.4) is 0 Å². The van der Waals surface area contributed by atoms with Crippen LogP contribution in [-0.2, 0) is 4.74 Å². The van der Waals surface area contributed by atoms with Crippen molar-refractivity contribution >= 4 is 12.0 Å². The van der Waals surface area contributed by atoms with Crippen molar-refractivity contribution in [3.63, 3.8) is 0 Å². The van der Waals surface area contributed by atoms with E-state index in [9.17, 15) is 9.90 Å². The number of hydrogen-bond acceptors (Lipinski definition) is 5. The summed E-state index contributed by atoms with van der Waals surface area (Å²) < 4.78 is 4.51. The molecule has 1 rings (SSSR count). The fraction of sp³-hybridized carbons (Fsp3) is 0.0833. The molecule has 84 valence electrons. The Balaban J connectivity index is 3.41. The van der Waals surface area contributed by atoms with Gasteiger partial charge in [-0.3, -0.25) is 0 Å². The van der Waals surface area contributed by atoms with Gasteiger partial charge >= 0.3 is 5.97 Å². The fourth-order valence-corrected chi connectivity index (χ4v) is 1.25. The molecule has 0 radical (unpaired) electrons. The predicted molar refractivity (Wildman–Crippen MR) is 58.6 cm³/mol. The largest absolute Gasteiger partial charge is 0.507 e. The molecular weight excluding hydrogens is 220 g/mol. The van der Waals surface area contributed by atoms with Crippen molar-refractivity contribution in [1.29, 1.82) is 10.5 Å². The van der Waals surface area contributed by atoms with Gasteiger partial charge in [-0.1, -0.05) is 12.1 Å². The van der Waals surface area contributed by atoms with Crippen LogP contribution in [-0.4, -0.2) is 18.2 Å². The van der Waals surface area contributed by atoms with E-state index in [2.05, 4.69) is 4.74 Å². The van der Waals surface area contributed by atoms with Crippen molar-refractivity contribution in [3.8, 4) is 17.9 Å². The highest BCUT2D eigenvalue weighted by Gasteiger charge is 2.15. The monoisotopic (exact) mass is 228 g/mol. The number of nitriles is 2. The van der Waals surface area contributed by atoms with E-state index in [1.165, 1.54) is 31.4 Å². The second-order valence-electron chi connectivity index (χ2n) is 3.01. The SMILES string of the molecule is COC(=O)c1c(O)cccc1C=C(C#N)C#N. The zero-order chi connectivity index (χ0) is 12.8. The second-order valence-corrected chi connectivity index (χ2v) is 3.01. The minimum absolute atomic E-state index is 0.0713. The highest BCUT2D eigenvalue weighted by molar-refractivity contribution is 5.96. The number of carbonyl (C=O) groups is 1. The predicted octanol–water partition coefficient (Wildman–Crippen LogP) is 1.61. The maximum absolute atomic E-state index is 11.4. The quantitative estimate of drug-likeness (QED) is 0.613. The molecule has 0 spiro atoms. The second kappa shape index (κ2) is 5.34. The summed E-state index contributed by atoms with van der Waals surface area (Å²) in [6.07, 6.45) is 1.21. The summed E-state index contributed by atoms with van der Waals surface area (Å²) in [6.45, 7) is 0. The Morgan fingerprint density at radius 2 is 2.06 bits per heavy atom. The molecule has 5 heteroatoms. The lowest BCUT2D eigenvalue weighted by Gasteiger charge is -2.05. The lowest BCUT2D eigenvalue weighted by Crippen LogP contribution is -2.04. The Morgan fingerprint density at radius 3 is 2.59 bits per heavy atom. The maximum atomic E-state index is 11.4. The Labute approximate surface area is 97.8 Å². The highest BCUT2D eigenvalue weighted by Crippen LogP contribution is 2.23. The van der Waals surface area contributed by atoms with E-state index in [1.807, 2.05) is 0 Å². The number of carbonyl (C=O) groups excluding carboxylic acids is 1. The Hall–Kier alpha value is -2.79. The number of phenols is 1. The number of allylic oxidation sites excluding steroid dienone is 1. The first kappa shape index (κ1) is 12.3. The molecule has 0 aliphatic rings. The van der Waals surface area contributed by atoms with Gasteiger partial charge in [-0.25, -0.2) is 4.79 Å². The number of rotatable bonds is 2. The molecule has 17 heavy (non-hydrogen) atoms. The van der Waals surface area contributed by atoms with Crippen molar-refractivity contribution in [3.05, 3.63) is 34.9 Å². The molecule has 0 heterocycles. The first-order valence-corrected chi connectivity index (χ1v) is 4.56. The molecule has 0 aromatic heterocycles. The average Bonchev–Trinajstić information content (AvgIpc) is 2.35. The molecule has 0 atom stereocenters. The summed E-state index contributed by atoms with van der Waals surface area (Å²) in [5.41, 5.74) is 0.0219. The summed E-state index contributed by atoms with van der Waals surface area (Å²) in [5, 5.41) is 26.8. The van der Waals surface area contributed by atoms with Crippen LogP contribution in [0.1, 0.15) is 15.9 Å². The van der Waals surface area contributed by atoms with Crippen molar-refractivity contribution in [2.45, 2.75) is 0 Å². The van der Waals surface area contributed by atoms with Crippen LogP contribution in [0, 0.1) is 22.7 Å². The van der Waals surface area contributed by atoms with Crippen LogP contribution >= 0.6 is 0 Å².